The third-order valence-corrected chi connectivity index (χ3v) is 4.49. The second-order valence-corrected chi connectivity index (χ2v) is 6.68. The summed E-state index contributed by atoms with van der Waals surface area (Å²) in [6.07, 6.45) is 0. The summed E-state index contributed by atoms with van der Waals surface area (Å²) in [6.45, 7) is 0.391. The van der Waals surface area contributed by atoms with E-state index in [9.17, 15) is 4.39 Å². The van der Waals surface area contributed by atoms with Gasteiger partial charge in [0.2, 0.25) is 0 Å². The highest BCUT2D eigenvalue weighted by molar-refractivity contribution is 9.11. The first-order chi connectivity index (χ1) is 9.51. The van der Waals surface area contributed by atoms with Crippen molar-refractivity contribution in [3.05, 3.63) is 55.1 Å². The van der Waals surface area contributed by atoms with Crippen LogP contribution in [0.2, 0.25) is 0 Å². The molecule has 0 aliphatic heterocycles. The number of anilines is 1. The number of hydrogen-bond acceptors (Lipinski definition) is 2. The molecule has 0 unspecified atom stereocenters. The van der Waals surface area contributed by atoms with E-state index in [4.69, 9.17) is 4.74 Å². The summed E-state index contributed by atoms with van der Waals surface area (Å²) in [5.41, 5.74) is 1.44. The van der Waals surface area contributed by atoms with Gasteiger partial charge in [0.1, 0.15) is 11.6 Å². The highest BCUT2D eigenvalue weighted by Crippen LogP contribution is 2.34. The molecule has 0 heterocycles. The van der Waals surface area contributed by atoms with Crippen molar-refractivity contribution >= 4 is 53.5 Å². The lowest BCUT2D eigenvalue weighted by Gasteiger charge is -2.12. The fourth-order valence-electron chi connectivity index (χ4n) is 1.68. The summed E-state index contributed by atoms with van der Waals surface area (Å²) in [5.74, 6) is 0.471. The molecule has 106 valence electrons. The molecule has 0 bridgehead atoms. The van der Waals surface area contributed by atoms with Crippen LogP contribution in [-0.4, -0.2) is 7.11 Å². The molecule has 0 spiro atoms. The summed E-state index contributed by atoms with van der Waals surface area (Å²) in [5, 5.41) is 3.19. The summed E-state index contributed by atoms with van der Waals surface area (Å²) in [7, 11) is 1.60. The van der Waals surface area contributed by atoms with Crippen LogP contribution in [0, 0.1) is 5.82 Å². The second-order valence-electron chi connectivity index (χ2n) is 4.06. The lowest BCUT2D eigenvalue weighted by Crippen LogP contribution is -2.03. The highest BCUT2D eigenvalue weighted by atomic mass is 79.9. The molecule has 0 fully saturated rings. The van der Waals surface area contributed by atoms with E-state index in [0.717, 1.165) is 19.1 Å². The molecule has 2 aromatic rings. The van der Waals surface area contributed by atoms with Gasteiger partial charge in [-0.2, -0.15) is 0 Å². The van der Waals surface area contributed by atoms with Gasteiger partial charge in [0.25, 0.3) is 0 Å². The van der Waals surface area contributed by atoms with Crippen LogP contribution < -0.4 is 10.1 Å². The lowest BCUT2D eigenvalue weighted by atomic mass is 10.2. The molecule has 20 heavy (non-hydrogen) atoms. The monoisotopic (exact) mass is 465 g/mol. The van der Waals surface area contributed by atoms with Crippen LogP contribution in [-0.2, 0) is 6.54 Å². The number of halogens is 4. The maximum atomic E-state index is 13.7. The predicted molar refractivity (Wildman–Crippen MR) is 89.8 cm³/mol. The van der Waals surface area contributed by atoms with Crippen molar-refractivity contribution in [2.24, 2.45) is 0 Å². The van der Waals surface area contributed by atoms with E-state index in [2.05, 4.69) is 53.1 Å². The summed E-state index contributed by atoms with van der Waals surface area (Å²) in [6, 6.07) is 8.76. The molecule has 0 saturated heterocycles. The standard InChI is InChI=1S/C14H11Br3FNO/c1-20-14-6-13(10(16)5-11(14)17)19-7-8-2-3-9(15)4-12(8)18/h2-6,19H,7H2,1H3. The minimum atomic E-state index is -0.243. The Morgan fingerprint density at radius 2 is 1.85 bits per heavy atom. The summed E-state index contributed by atoms with van der Waals surface area (Å²) >= 11 is 10.1. The first-order valence-corrected chi connectivity index (χ1v) is 8.10. The van der Waals surface area contributed by atoms with Gasteiger partial charge < -0.3 is 10.1 Å². The Morgan fingerprint density at radius 1 is 1.10 bits per heavy atom. The molecule has 2 rings (SSSR count). The topological polar surface area (TPSA) is 21.3 Å². The van der Waals surface area contributed by atoms with Gasteiger partial charge in [-0.15, -0.1) is 0 Å². The van der Waals surface area contributed by atoms with Gasteiger partial charge in [-0.3, -0.25) is 0 Å². The molecule has 2 nitrogen and oxygen atoms in total. The third kappa shape index (κ3) is 3.74. The molecular weight excluding hydrogens is 457 g/mol. The van der Waals surface area contributed by atoms with Crippen LogP contribution in [0.3, 0.4) is 0 Å². The van der Waals surface area contributed by atoms with Crippen LogP contribution in [0.4, 0.5) is 10.1 Å². The fourth-order valence-corrected chi connectivity index (χ4v) is 3.31. The molecule has 0 amide bonds. The number of rotatable bonds is 4. The maximum Gasteiger partial charge on any atom is 0.135 e. The van der Waals surface area contributed by atoms with Crippen molar-refractivity contribution in [2.75, 3.05) is 12.4 Å². The van der Waals surface area contributed by atoms with Gasteiger partial charge in [-0.1, -0.05) is 22.0 Å². The maximum absolute atomic E-state index is 13.7. The molecule has 0 radical (unpaired) electrons. The number of ether oxygens (including phenoxy) is 1. The van der Waals surface area contributed by atoms with Gasteiger partial charge in [-0.05, 0) is 50.1 Å². The van der Waals surface area contributed by atoms with Crippen LogP contribution >= 0.6 is 47.8 Å². The van der Waals surface area contributed by atoms with Gasteiger partial charge in [0.15, 0.2) is 0 Å². The van der Waals surface area contributed by atoms with Gasteiger partial charge >= 0.3 is 0 Å². The summed E-state index contributed by atoms with van der Waals surface area (Å²) in [4.78, 5) is 0. The van der Waals surface area contributed by atoms with Crippen molar-refractivity contribution in [3.8, 4) is 5.75 Å². The largest absolute Gasteiger partial charge is 0.495 e. The number of nitrogens with one attached hydrogen (secondary N) is 1. The molecule has 6 heteroatoms. The van der Waals surface area contributed by atoms with Gasteiger partial charge in [0.05, 0.1) is 17.3 Å². The zero-order chi connectivity index (χ0) is 14.7. The first-order valence-electron chi connectivity index (χ1n) is 5.72. The first kappa shape index (κ1) is 15.8. The lowest BCUT2D eigenvalue weighted by molar-refractivity contribution is 0.412. The SMILES string of the molecule is COc1cc(NCc2ccc(Br)cc2F)c(Br)cc1Br. The average Bonchev–Trinajstić information content (AvgIpc) is 2.39. The van der Waals surface area contributed by atoms with E-state index < -0.39 is 0 Å². The third-order valence-electron chi connectivity index (χ3n) is 2.73. The minimum absolute atomic E-state index is 0.243. The Hall–Kier alpha value is -0.590. The Labute approximate surface area is 142 Å². The number of methoxy groups -OCH3 is 1. The minimum Gasteiger partial charge on any atom is -0.495 e. The predicted octanol–water partition coefficient (Wildman–Crippen LogP) is 5.73. The summed E-state index contributed by atoms with van der Waals surface area (Å²) < 4.78 is 21.5. The average molecular weight is 468 g/mol. The Kier molecular flexibility index (Phi) is 5.46. The fraction of sp³-hybridized carbons (Fsp3) is 0.143. The normalized spacial score (nSPS) is 10.4. The van der Waals surface area contributed by atoms with Crippen LogP contribution in [0.15, 0.2) is 43.7 Å². The molecule has 1 N–H and O–H groups in total. The van der Waals surface area contributed by atoms with E-state index in [1.807, 2.05) is 18.2 Å². The van der Waals surface area contributed by atoms with Crippen molar-refractivity contribution in [1.82, 2.24) is 0 Å². The molecule has 0 saturated carbocycles. The van der Waals surface area contributed by atoms with Crippen molar-refractivity contribution in [1.29, 1.82) is 0 Å². The highest BCUT2D eigenvalue weighted by Gasteiger charge is 2.08. The van der Waals surface area contributed by atoms with Gasteiger partial charge in [-0.25, -0.2) is 4.39 Å². The molecule has 0 aliphatic carbocycles. The molecule has 0 atom stereocenters. The quantitative estimate of drug-likeness (QED) is 0.619. The zero-order valence-corrected chi connectivity index (χ0v) is 15.3. The van der Waals surface area contributed by atoms with Crippen molar-refractivity contribution in [3.63, 3.8) is 0 Å². The van der Waals surface area contributed by atoms with Crippen LogP contribution in [0.1, 0.15) is 5.56 Å². The molecular formula is C14H11Br3FNO. The number of benzene rings is 2. The van der Waals surface area contributed by atoms with Crippen LogP contribution in [0.5, 0.6) is 5.75 Å². The Morgan fingerprint density at radius 3 is 2.50 bits per heavy atom. The van der Waals surface area contributed by atoms with Crippen LogP contribution in [0.25, 0.3) is 0 Å². The molecule has 0 aliphatic rings. The molecule has 0 aromatic heterocycles. The Balaban J connectivity index is 2.18. The van der Waals surface area contributed by atoms with E-state index in [1.165, 1.54) is 6.07 Å². The molecule has 2 aromatic carbocycles. The van der Waals surface area contributed by atoms with Crippen molar-refractivity contribution < 1.29 is 9.13 Å². The van der Waals surface area contributed by atoms with E-state index in [-0.39, 0.29) is 5.82 Å². The van der Waals surface area contributed by atoms with E-state index in [0.29, 0.717) is 17.9 Å². The Bertz CT molecular complexity index is 634. The van der Waals surface area contributed by atoms with Crippen molar-refractivity contribution in [2.45, 2.75) is 6.54 Å². The van der Waals surface area contributed by atoms with Gasteiger partial charge in [0, 0.05) is 27.1 Å². The van der Waals surface area contributed by atoms with E-state index in [1.54, 1.807) is 13.2 Å². The zero-order valence-electron chi connectivity index (χ0n) is 10.5. The second kappa shape index (κ2) is 6.91. The smallest absolute Gasteiger partial charge is 0.135 e. The van der Waals surface area contributed by atoms with E-state index >= 15 is 0 Å². The number of hydrogen-bond donors (Lipinski definition) is 1.